The fourth-order valence-corrected chi connectivity index (χ4v) is 3.17. The average Bonchev–Trinajstić information content (AvgIpc) is 2.28. The Bertz CT molecular complexity index is 404. The maximum absolute atomic E-state index is 5.95. The lowest BCUT2D eigenvalue weighted by atomic mass is 10.1. The first-order valence-electron chi connectivity index (χ1n) is 6.83. The minimum Gasteiger partial charge on any atom is -0.368 e. The van der Waals surface area contributed by atoms with Crippen molar-refractivity contribution in [1.82, 2.24) is 4.90 Å². The van der Waals surface area contributed by atoms with Crippen LogP contribution < -0.4 is 10.6 Å². The van der Waals surface area contributed by atoms with E-state index in [-0.39, 0.29) is 6.04 Å². The van der Waals surface area contributed by atoms with Crippen LogP contribution in [0.15, 0.2) is 22.7 Å². The summed E-state index contributed by atoms with van der Waals surface area (Å²) in [6, 6.07) is 6.99. The molecule has 0 amide bonds. The molecule has 0 aliphatic carbocycles. The molecule has 2 N–H and O–H groups in total. The molecule has 0 fully saturated rings. The van der Waals surface area contributed by atoms with Crippen molar-refractivity contribution in [3.05, 3.63) is 28.2 Å². The molecule has 0 aliphatic heterocycles. The van der Waals surface area contributed by atoms with Crippen LogP contribution in [0.5, 0.6) is 0 Å². The SMILES string of the molecule is CCN(c1ccc([C@H](C)N)c(Br)c1)C(C)CN(C)C. The predicted molar refractivity (Wildman–Crippen MR) is 87.8 cm³/mol. The summed E-state index contributed by atoms with van der Waals surface area (Å²) >= 11 is 3.63. The van der Waals surface area contributed by atoms with Crippen LogP contribution in [0.1, 0.15) is 32.4 Å². The highest BCUT2D eigenvalue weighted by Crippen LogP contribution is 2.28. The molecule has 1 aromatic rings. The van der Waals surface area contributed by atoms with E-state index in [1.165, 1.54) is 5.69 Å². The van der Waals surface area contributed by atoms with Gasteiger partial charge in [-0.15, -0.1) is 0 Å². The number of nitrogens with two attached hydrogens (primary N) is 1. The van der Waals surface area contributed by atoms with Crippen molar-refractivity contribution in [3.63, 3.8) is 0 Å². The standard InChI is InChI=1S/C15H26BrN3/c1-6-19(11(2)10-18(4)5)13-7-8-14(12(3)17)15(16)9-13/h7-9,11-12H,6,10,17H2,1-5H3/t11?,12-/m0/s1. The highest BCUT2D eigenvalue weighted by atomic mass is 79.9. The van der Waals surface area contributed by atoms with Crippen LogP contribution in [0, 0.1) is 0 Å². The zero-order chi connectivity index (χ0) is 14.6. The smallest absolute Gasteiger partial charge is 0.0388 e. The van der Waals surface area contributed by atoms with Crippen molar-refractivity contribution in [3.8, 4) is 0 Å². The number of likely N-dealkylation sites (N-methyl/N-ethyl adjacent to an activating group) is 2. The van der Waals surface area contributed by atoms with Crippen LogP contribution in [0.25, 0.3) is 0 Å². The van der Waals surface area contributed by atoms with Crippen molar-refractivity contribution < 1.29 is 0 Å². The number of rotatable bonds is 6. The summed E-state index contributed by atoms with van der Waals surface area (Å²) in [5.74, 6) is 0. The first-order chi connectivity index (χ1) is 8.86. The van der Waals surface area contributed by atoms with Gasteiger partial charge in [-0.05, 0) is 52.6 Å². The van der Waals surface area contributed by atoms with E-state index >= 15 is 0 Å². The lowest BCUT2D eigenvalue weighted by Gasteiger charge is -2.32. The second kappa shape index (κ2) is 7.27. The highest BCUT2D eigenvalue weighted by Gasteiger charge is 2.15. The second-order valence-electron chi connectivity index (χ2n) is 5.39. The molecule has 108 valence electrons. The van der Waals surface area contributed by atoms with Gasteiger partial charge in [-0.1, -0.05) is 22.0 Å². The number of anilines is 1. The van der Waals surface area contributed by atoms with E-state index in [0.717, 1.165) is 23.1 Å². The Morgan fingerprint density at radius 1 is 1.26 bits per heavy atom. The van der Waals surface area contributed by atoms with Crippen LogP contribution in [0.2, 0.25) is 0 Å². The van der Waals surface area contributed by atoms with Crippen LogP contribution >= 0.6 is 15.9 Å². The molecule has 0 bridgehead atoms. The largest absolute Gasteiger partial charge is 0.368 e. The molecule has 0 saturated carbocycles. The molecule has 2 atom stereocenters. The molecule has 3 nitrogen and oxygen atoms in total. The minimum atomic E-state index is 0.0534. The van der Waals surface area contributed by atoms with Gasteiger partial charge in [0.15, 0.2) is 0 Å². The van der Waals surface area contributed by atoms with Gasteiger partial charge in [0.25, 0.3) is 0 Å². The fourth-order valence-electron chi connectivity index (χ4n) is 2.44. The Balaban J connectivity index is 2.96. The first-order valence-corrected chi connectivity index (χ1v) is 7.62. The van der Waals surface area contributed by atoms with Crippen molar-refractivity contribution in [1.29, 1.82) is 0 Å². The van der Waals surface area contributed by atoms with Gasteiger partial charge in [-0.3, -0.25) is 0 Å². The van der Waals surface area contributed by atoms with E-state index in [2.05, 4.69) is 71.9 Å². The molecule has 0 saturated heterocycles. The van der Waals surface area contributed by atoms with Gasteiger partial charge in [-0.25, -0.2) is 0 Å². The van der Waals surface area contributed by atoms with Gasteiger partial charge in [0.1, 0.15) is 0 Å². The number of hydrogen-bond donors (Lipinski definition) is 1. The quantitative estimate of drug-likeness (QED) is 0.870. The van der Waals surface area contributed by atoms with Crippen LogP contribution in [-0.2, 0) is 0 Å². The van der Waals surface area contributed by atoms with E-state index in [1.54, 1.807) is 0 Å². The Labute approximate surface area is 125 Å². The van der Waals surface area contributed by atoms with E-state index in [0.29, 0.717) is 6.04 Å². The van der Waals surface area contributed by atoms with Gasteiger partial charge in [0.05, 0.1) is 0 Å². The molecule has 0 spiro atoms. The number of hydrogen-bond acceptors (Lipinski definition) is 3. The van der Waals surface area contributed by atoms with Crippen molar-refractivity contribution in [2.45, 2.75) is 32.9 Å². The summed E-state index contributed by atoms with van der Waals surface area (Å²) in [6.07, 6.45) is 0. The normalized spacial score (nSPS) is 14.5. The number of benzene rings is 1. The Hall–Kier alpha value is -0.580. The van der Waals surface area contributed by atoms with Gasteiger partial charge in [-0.2, -0.15) is 0 Å². The Morgan fingerprint density at radius 2 is 1.89 bits per heavy atom. The summed E-state index contributed by atoms with van der Waals surface area (Å²) in [5, 5.41) is 0. The number of halogens is 1. The molecule has 1 rings (SSSR count). The first kappa shape index (κ1) is 16.5. The second-order valence-corrected chi connectivity index (χ2v) is 6.25. The van der Waals surface area contributed by atoms with E-state index < -0.39 is 0 Å². The number of nitrogens with zero attached hydrogens (tertiary/aromatic N) is 2. The Kier molecular flexibility index (Phi) is 6.30. The van der Waals surface area contributed by atoms with Crippen LogP contribution in [-0.4, -0.2) is 38.1 Å². The third-order valence-electron chi connectivity index (χ3n) is 3.31. The van der Waals surface area contributed by atoms with Crippen LogP contribution in [0.3, 0.4) is 0 Å². The lowest BCUT2D eigenvalue weighted by Crippen LogP contribution is -2.40. The molecular formula is C15H26BrN3. The Morgan fingerprint density at radius 3 is 2.32 bits per heavy atom. The lowest BCUT2D eigenvalue weighted by molar-refractivity contribution is 0.373. The molecule has 0 aliphatic rings. The summed E-state index contributed by atoms with van der Waals surface area (Å²) < 4.78 is 1.09. The van der Waals surface area contributed by atoms with E-state index in [4.69, 9.17) is 5.73 Å². The van der Waals surface area contributed by atoms with E-state index in [9.17, 15) is 0 Å². The molecule has 1 aromatic carbocycles. The van der Waals surface area contributed by atoms with Gasteiger partial charge >= 0.3 is 0 Å². The van der Waals surface area contributed by atoms with Crippen molar-refractivity contribution >= 4 is 21.6 Å². The maximum Gasteiger partial charge on any atom is 0.0388 e. The van der Waals surface area contributed by atoms with Crippen molar-refractivity contribution in [2.24, 2.45) is 5.73 Å². The zero-order valence-electron chi connectivity index (χ0n) is 12.7. The molecule has 0 heterocycles. The third kappa shape index (κ3) is 4.48. The average molecular weight is 328 g/mol. The van der Waals surface area contributed by atoms with Gasteiger partial charge in [0.2, 0.25) is 0 Å². The van der Waals surface area contributed by atoms with E-state index in [1.807, 2.05) is 6.92 Å². The third-order valence-corrected chi connectivity index (χ3v) is 4.00. The summed E-state index contributed by atoms with van der Waals surface area (Å²) in [7, 11) is 4.22. The highest BCUT2D eigenvalue weighted by molar-refractivity contribution is 9.10. The molecular weight excluding hydrogens is 302 g/mol. The topological polar surface area (TPSA) is 32.5 Å². The molecule has 0 aromatic heterocycles. The minimum absolute atomic E-state index is 0.0534. The summed E-state index contributed by atoms with van der Waals surface area (Å²) in [4.78, 5) is 4.63. The molecule has 4 heteroatoms. The van der Waals surface area contributed by atoms with Gasteiger partial charge < -0.3 is 15.5 Å². The zero-order valence-corrected chi connectivity index (χ0v) is 14.2. The van der Waals surface area contributed by atoms with Crippen molar-refractivity contribution in [2.75, 3.05) is 32.1 Å². The monoisotopic (exact) mass is 327 g/mol. The van der Waals surface area contributed by atoms with Crippen LogP contribution in [0.4, 0.5) is 5.69 Å². The maximum atomic E-state index is 5.95. The molecule has 19 heavy (non-hydrogen) atoms. The molecule has 0 radical (unpaired) electrons. The van der Waals surface area contributed by atoms with Gasteiger partial charge in [0, 0.05) is 35.3 Å². The molecule has 1 unspecified atom stereocenters. The predicted octanol–water partition coefficient (Wildman–Crippen LogP) is 3.25. The summed E-state index contributed by atoms with van der Waals surface area (Å²) in [6.45, 7) is 8.50. The fraction of sp³-hybridized carbons (Fsp3) is 0.600. The summed E-state index contributed by atoms with van der Waals surface area (Å²) in [5.41, 5.74) is 8.35.